The number of ether oxygens (including phenoxy) is 1. The zero-order valence-corrected chi connectivity index (χ0v) is 14.1. The molecular formula is C20H24N2O2. The van der Waals surface area contributed by atoms with Crippen molar-refractivity contribution in [1.29, 1.82) is 0 Å². The molecule has 0 aromatic heterocycles. The Hall–Kier alpha value is -2.33. The molecule has 1 fully saturated rings. The highest BCUT2D eigenvalue weighted by atomic mass is 16.5. The normalized spacial score (nSPS) is 14.5. The van der Waals surface area contributed by atoms with Gasteiger partial charge in [0.25, 0.3) is 0 Å². The first-order valence-corrected chi connectivity index (χ1v) is 8.47. The minimum absolute atomic E-state index is 0.0124. The van der Waals surface area contributed by atoms with E-state index < -0.39 is 0 Å². The molecule has 2 aromatic carbocycles. The van der Waals surface area contributed by atoms with E-state index in [9.17, 15) is 4.79 Å². The quantitative estimate of drug-likeness (QED) is 0.884. The van der Waals surface area contributed by atoms with E-state index in [0.717, 1.165) is 23.5 Å². The van der Waals surface area contributed by atoms with Crippen molar-refractivity contribution in [1.82, 2.24) is 4.90 Å². The predicted molar refractivity (Wildman–Crippen MR) is 96.3 cm³/mol. The number of carbonyl (C=O) groups is 1. The second-order valence-corrected chi connectivity index (χ2v) is 6.26. The van der Waals surface area contributed by atoms with E-state index in [0.29, 0.717) is 6.42 Å². The summed E-state index contributed by atoms with van der Waals surface area (Å²) < 4.78 is 5.20. The van der Waals surface area contributed by atoms with Crippen LogP contribution in [0, 0.1) is 0 Å². The molecule has 2 aromatic rings. The Labute approximate surface area is 143 Å². The molecule has 24 heavy (non-hydrogen) atoms. The maximum Gasteiger partial charge on any atom is 0.228 e. The number of anilines is 1. The van der Waals surface area contributed by atoms with Crippen LogP contribution in [0.1, 0.15) is 24.0 Å². The van der Waals surface area contributed by atoms with Gasteiger partial charge in [-0.2, -0.15) is 0 Å². The van der Waals surface area contributed by atoms with Gasteiger partial charge in [-0.1, -0.05) is 24.3 Å². The fourth-order valence-corrected chi connectivity index (χ4v) is 3.12. The van der Waals surface area contributed by atoms with E-state index in [4.69, 9.17) is 4.74 Å². The summed E-state index contributed by atoms with van der Waals surface area (Å²) in [7, 11) is 1.63. The lowest BCUT2D eigenvalue weighted by molar-refractivity contribution is -0.115. The monoisotopic (exact) mass is 324 g/mol. The molecule has 0 saturated carbocycles. The standard InChI is InChI=1S/C20H24N2O2/c1-24-19-9-5-6-16(13-19)14-20(23)21-18-8-4-7-17(12-18)15-22-10-2-3-11-22/h4-9,12-13H,2-3,10-11,14-15H2,1H3,(H,21,23). The van der Waals surface area contributed by atoms with E-state index in [1.54, 1.807) is 7.11 Å². The van der Waals surface area contributed by atoms with Crippen LogP contribution in [0.2, 0.25) is 0 Å². The third kappa shape index (κ3) is 4.59. The third-order valence-corrected chi connectivity index (χ3v) is 4.31. The first kappa shape index (κ1) is 16.5. The predicted octanol–water partition coefficient (Wildman–Crippen LogP) is 3.47. The van der Waals surface area contributed by atoms with Crippen molar-refractivity contribution in [2.75, 3.05) is 25.5 Å². The average Bonchev–Trinajstić information content (AvgIpc) is 3.08. The van der Waals surface area contributed by atoms with Gasteiger partial charge in [-0.25, -0.2) is 0 Å². The van der Waals surface area contributed by atoms with Crippen molar-refractivity contribution in [2.24, 2.45) is 0 Å². The van der Waals surface area contributed by atoms with Gasteiger partial charge in [0.1, 0.15) is 5.75 Å². The summed E-state index contributed by atoms with van der Waals surface area (Å²) in [6.07, 6.45) is 2.92. The van der Waals surface area contributed by atoms with Gasteiger partial charge < -0.3 is 10.1 Å². The number of likely N-dealkylation sites (tertiary alicyclic amines) is 1. The van der Waals surface area contributed by atoms with Crippen LogP contribution in [0.4, 0.5) is 5.69 Å². The first-order chi connectivity index (χ1) is 11.7. The third-order valence-electron chi connectivity index (χ3n) is 4.31. The van der Waals surface area contributed by atoms with Crippen LogP contribution in [-0.4, -0.2) is 31.0 Å². The van der Waals surface area contributed by atoms with E-state index in [1.807, 2.05) is 36.4 Å². The van der Waals surface area contributed by atoms with Crippen molar-refractivity contribution in [3.05, 3.63) is 59.7 Å². The lowest BCUT2D eigenvalue weighted by atomic mass is 10.1. The van der Waals surface area contributed by atoms with E-state index in [1.165, 1.54) is 31.5 Å². The highest BCUT2D eigenvalue weighted by Crippen LogP contribution is 2.17. The molecule has 0 radical (unpaired) electrons. The number of nitrogens with one attached hydrogen (secondary N) is 1. The molecular weight excluding hydrogens is 300 g/mol. The fourth-order valence-electron chi connectivity index (χ4n) is 3.12. The van der Waals surface area contributed by atoms with Gasteiger partial charge in [0.2, 0.25) is 5.91 Å². The number of benzene rings is 2. The number of carbonyl (C=O) groups excluding carboxylic acids is 1. The Morgan fingerprint density at radius 1 is 1.08 bits per heavy atom. The molecule has 126 valence electrons. The number of hydrogen-bond acceptors (Lipinski definition) is 3. The molecule has 4 nitrogen and oxygen atoms in total. The second-order valence-electron chi connectivity index (χ2n) is 6.26. The number of nitrogens with zero attached hydrogens (tertiary/aromatic N) is 1. The molecule has 1 aliphatic heterocycles. The summed E-state index contributed by atoms with van der Waals surface area (Å²) in [6, 6.07) is 15.7. The van der Waals surface area contributed by atoms with Crippen molar-refractivity contribution in [3.63, 3.8) is 0 Å². The summed E-state index contributed by atoms with van der Waals surface area (Å²) in [5, 5.41) is 2.99. The molecule has 4 heteroatoms. The lowest BCUT2D eigenvalue weighted by Gasteiger charge is -2.15. The van der Waals surface area contributed by atoms with Gasteiger partial charge >= 0.3 is 0 Å². The van der Waals surface area contributed by atoms with Crippen LogP contribution in [0.5, 0.6) is 5.75 Å². The van der Waals surface area contributed by atoms with Crippen LogP contribution < -0.4 is 10.1 Å². The highest BCUT2D eigenvalue weighted by Gasteiger charge is 2.12. The lowest BCUT2D eigenvalue weighted by Crippen LogP contribution is -2.19. The van der Waals surface area contributed by atoms with Gasteiger partial charge in [0.15, 0.2) is 0 Å². The molecule has 0 spiro atoms. The van der Waals surface area contributed by atoms with Crippen LogP contribution >= 0.6 is 0 Å². The summed E-state index contributed by atoms with van der Waals surface area (Å²) in [5.41, 5.74) is 3.05. The summed E-state index contributed by atoms with van der Waals surface area (Å²) in [5.74, 6) is 0.759. The Kier molecular flexibility index (Phi) is 5.49. The number of rotatable bonds is 6. The largest absolute Gasteiger partial charge is 0.497 e. The Bertz CT molecular complexity index is 694. The van der Waals surface area contributed by atoms with Crippen LogP contribution in [0.25, 0.3) is 0 Å². The zero-order valence-electron chi connectivity index (χ0n) is 14.1. The molecule has 1 N–H and O–H groups in total. The molecule has 0 atom stereocenters. The maximum absolute atomic E-state index is 12.3. The molecule has 3 rings (SSSR count). The van der Waals surface area contributed by atoms with Crippen molar-refractivity contribution in [2.45, 2.75) is 25.8 Å². The first-order valence-electron chi connectivity index (χ1n) is 8.47. The highest BCUT2D eigenvalue weighted by molar-refractivity contribution is 5.92. The van der Waals surface area contributed by atoms with Gasteiger partial charge in [0, 0.05) is 12.2 Å². The fraction of sp³-hybridized carbons (Fsp3) is 0.350. The van der Waals surface area contributed by atoms with Crippen molar-refractivity contribution in [3.8, 4) is 5.75 Å². The van der Waals surface area contributed by atoms with Crippen LogP contribution in [0.15, 0.2) is 48.5 Å². The summed E-state index contributed by atoms with van der Waals surface area (Å²) in [6.45, 7) is 3.30. The molecule has 0 aliphatic carbocycles. The van der Waals surface area contributed by atoms with Gasteiger partial charge in [0.05, 0.1) is 13.5 Å². The molecule has 1 saturated heterocycles. The van der Waals surface area contributed by atoms with E-state index >= 15 is 0 Å². The van der Waals surface area contributed by atoms with Crippen molar-refractivity contribution < 1.29 is 9.53 Å². The average molecular weight is 324 g/mol. The Morgan fingerprint density at radius 3 is 2.62 bits per heavy atom. The minimum atomic E-state index is -0.0124. The Morgan fingerprint density at radius 2 is 1.83 bits per heavy atom. The van der Waals surface area contributed by atoms with E-state index in [-0.39, 0.29) is 5.91 Å². The van der Waals surface area contributed by atoms with Gasteiger partial charge in [-0.15, -0.1) is 0 Å². The van der Waals surface area contributed by atoms with Gasteiger partial charge in [-0.3, -0.25) is 9.69 Å². The molecule has 1 amide bonds. The topological polar surface area (TPSA) is 41.6 Å². The number of amides is 1. The van der Waals surface area contributed by atoms with Crippen molar-refractivity contribution >= 4 is 11.6 Å². The van der Waals surface area contributed by atoms with Gasteiger partial charge in [-0.05, 0) is 61.3 Å². The van der Waals surface area contributed by atoms with E-state index in [2.05, 4.69) is 22.3 Å². The summed E-state index contributed by atoms with van der Waals surface area (Å²) in [4.78, 5) is 14.7. The number of methoxy groups -OCH3 is 1. The zero-order chi connectivity index (χ0) is 16.8. The van der Waals surface area contributed by atoms with Crippen LogP contribution in [-0.2, 0) is 17.8 Å². The number of hydrogen-bond donors (Lipinski definition) is 1. The smallest absolute Gasteiger partial charge is 0.228 e. The molecule has 0 bridgehead atoms. The molecule has 0 unspecified atom stereocenters. The maximum atomic E-state index is 12.3. The minimum Gasteiger partial charge on any atom is -0.497 e. The molecule has 1 heterocycles. The SMILES string of the molecule is COc1cccc(CC(=O)Nc2cccc(CN3CCCC3)c2)c1. The second kappa shape index (κ2) is 7.97. The molecule has 1 aliphatic rings. The van der Waals surface area contributed by atoms with Crippen LogP contribution in [0.3, 0.4) is 0 Å². The summed E-state index contributed by atoms with van der Waals surface area (Å²) >= 11 is 0. The Balaban J connectivity index is 1.59.